The molecule has 0 atom stereocenters. The third-order valence-corrected chi connectivity index (χ3v) is 3.89. The normalized spacial score (nSPS) is 11.7. The summed E-state index contributed by atoms with van der Waals surface area (Å²) in [4.78, 5) is 7.85. The molecule has 0 aliphatic carbocycles. The van der Waals surface area contributed by atoms with Crippen molar-refractivity contribution in [1.82, 2.24) is 19.8 Å². The summed E-state index contributed by atoms with van der Waals surface area (Å²) in [7, 11) is -3.64. The minimum atomic E-state index is -3.64. The Kier molecular flexibility index (Phi) is 4.42. The molecule has 0 unspecified atom stereocenters. The molecule has 0 amide bonds. The lowest BCUT2D eigenvalue weighted by molar-refractivity contribution is 0.375. The van der Waals surface area contributed by atoms with Crippen molar-refractivity contribution in [2.45, 2.75) is 24.9 Å². The van der Waals surface area contributed by atoms with Gasteiger partial charge < -0.3 is 10.3 Å². The lowest BCUT2D eigenvalue weighted by Crippen LogP contribution is -2.26. The molecule has 0 radical (unpaired) electrons. The number of aromatic nitrogens is 3. The van der Waals surface area contributed by atoms with E-state index in [0.29, 0.717) is 24.7 Å². The molecule has 2 rings (SSSR count). The van der Waals surface area contributed by atoms with E-state index in [0.717, 1.165) is 5.56 Å². The van der Waals surface area contributed by atoms with Gasteiger partial charge in [-0.05, 0) is 18.6 Å². The summed E-state index contributed by atoms with van der Waals surface area (Å²) < 4.78 is 31.2. The fourth-order valence-corrected chi connectivity index (χ4v) is 2.46. The molecule has 0 spiro atoms. The van der Waals surface area contributed by atoms with Crippen LogP contribution in [0.5, 0.6) is 0 Å². The summed E-state index contributed by atoms with van der Waals surface area (Å²) in [6, 6.07) is 3.05. The molecule has 108 valence electrons. The highest BCUT2D eigenvalue weighted by Gasteiger charge is 2.15. The Hall–Kier alpha value is -1.84. The number of hydrogen-bond donors (Lipinski definition) is 2. The van der Waals surface area contributed by atoms with Crippen molar-refractivity contribution in [3.8, 4) is 0 Å². The van der Waals surface area contributed by atoms with Crippen molar-refractivity contribution >= 4 is 10.0 Å². The Bertz CT molecular complexity index is 666. The Morgan fingerprint density at radius 2 is 2.20 bits per heavy atom. The zero-order valence-electron chi connectivity index (χ0n) is 10.9. The van der Waals surface area contributed by atoms with Crippen LogP contribution in [-0.4, -0.2) is 30.1 Å². The number of nitrogens with two attached hydrogens (primary N) is 1. The average molecular weight is 297 g/mol. The SMILES string of the molecule is Cc1noc(CCNS(=O)(=O)c2ccc(CN)cn2)n1. The lowest BCUT2D eigenvalue weighted by Gasteiger charge is -2.05. The zero-order chi connectivity index (χ0) is 14.6. The van der Waals surface area contributed by atoms with Crippen molar-refractivity contribution in [2.75, 3.05) is 6.54 Å². The number of nitrogens with one attached hydrogen (secondary N) is 1. The molecule has 8 nitrogen and oxygen atoms in total. The van der Waals surface area contributed by atoms with Gasteiger partial charge in [-0.2, -0.15) is 4.98 Å². The van der Waals surface area contributed by atoms with E-state index >= 15 is 0 Å². The molecular formula is C11H15N5O3S. The van der Waals surface area contributed by atoms with Crippen LogP contribution in [-0.2, 0) is 23.0 Å². The second-order valence-electron chi connectivity index (χ2n) is 4.09. The van der Waals surface area contributed by atoms with Crippen LogP contribution in [0.4, 0.5) is 0 Å². The summed E-state index contributed by atoms with van der Waals surface area (Å²) in [5, 5.41) is 3.58. The van der Waals surface area contributed by atoms with Gasteiger partial charge in [0.05, 0.1) is 0 Å². The van der Waals surface area contributed by atoms with Gasteiger partial charge in [0.2, 0.25) is 5.89 Å². The standard InChI is InChI=1S/C11H15N5O3S/c1-8-15-10(19-16-8)4-5-14-20(17,18)11-3-2-9(6-12)7-13-11/h2-3,7,14H,4-6,12H2,1H3. The minimum absolute atomic E-state index is 0.0450. The van der Waals surface area contributed by atoms with Crippen LogP contribution in [0.1, 0.15) is 17.3 Å². The van der Waals surface area contributed by atoms with Crippen LogP contribution in [0.3, 0.4) is 0 Å². The fraction of sp³-hybridized carbons (Fsp3) is 0.364. The van der Waals surface area contributed by atoms with E-state index in [1.54, 1.807) is 13.0 Å². The quantitative estimate of drug-likeness (QED) is 0.753. The predicted molar refractivity (Wildman–Crippen MR) is 70.1 cm³/mol. The molecule has 0 aliphatic rings. The predicted octanol–water partition coefficient (Wildman–Crippen LogP) is -0.247. The van der Waals surface area contributed by atoms with Gasteiger partial charge in [0, 0.05) is 25.7 Å². The summed E-state index contributed by atoms with van der Waals surface area (Å²) in [6.07, 6.45) is 1.76. The molecular weight excluding hydrogens is 282 g/mol. The van der Waals surface area contributed by atoms with Gasteiger partial charge in [0.15, 0.2) is 10.9 Å². The van der Waals surface area contributed by atoms with Gasteiger partial charge >= 0.3 is 0 Å². The molecule has 2 aromatic heterocycles. The number of hydrogen-bond acceptors (Lipinski definition) is 7. The molecule has 0 saturated carbocycles. The number of nitrogens with zero attached hydrogens (tertiary/aromatic N) is 3. The Balaban J connectivity index is 1.96. The largest absolute Gasteiger partial charge is 0.339 e. The molecule has 2 heterocycles. The molecule has 0 aliphatic heterocycles. The molecule has 0 bridgehead atoms. The maximum Gasteiger partial charge on any atom is 0.258 e. The average Bonchev–Trinajstić information content (AvgIpc) is 2.84. The highest BCUT2D eigenvalue weighted by Crippen LogP contribution is 2.06. The van der Waals surface area contributed by atoms with E-state index in [9.17, 15) is 8.42 Å². The van der Waals surface area contributed by atoms with Gasteiger partial charge in [-0.3, -0.25) is 0 Å². The molecule has 3 N–H and O–H groups in total. The van der Waals surface area contributed by atoms with E-state index in [4.69, 9.17) is 10.3 Å². The van der Waals surface area contributed by atoms with Crippen LogP contribution in [0.25, 0.3) is 0 Å². The number of sulfonamides is 1. The fourth-order valence-electron chi connectivity index (χ4n) is 1.50. The first-order valence-electron chi connectivity index (χ1n) is 5.95. The van der Waals surface area contributed by atoms with Crippen molar-refractivity contribution < 1.29 is 12.9 Å². The van der Waals surface area contributed by atoms with Crippen LogP contribution in [0.15, 0.2) is 27.9 Å². The number of pyridine rings is 1. The highest BCUT2D eigenvalue weighted by molar-refractivity contribution is 7.89. The smallest absolute Gasteiger partial charge is 0.258 e. The number of aryl methyl sites for hydroxylation is 1. The molecule has 0 aromatic carbocycles. The molecule has 0 fully saturated rings. The van der Waals surface area contributed by atoms with E-state index in [1.165, 1.54) is 12.3 Å². The summed E-state index contributed by atoms with van der Waals surface area (Å²) >= 11 is 0. The van der Waals surface area contributed by atoms with E-state index in [1.807, 2.05) is 0 Å². The van der Waals surface area contributed by atoms with Crippen LogP contribution >= 0.6 is 0 Å². The Morgan fingerprint density at radius 3 is 2.75 bits per heavy atom. The third kappa shape index (κ3) is 3.59. The summed E-state index contributed by atoms with van der Waals surface area (Å²) in [6.45, 7) is 2.17. The Labute approximate surface area is 116 Å². The monoisotopic (exact) mass is 297 g/mol. The van der Waals surface area contributed by atoms with E-state index in [2.05, 4.69) is 19.8 Å². The lowest BCUT2D eigenvalue weighted by atomic mass is 10.3. The third-order valence-electron chi connectivity index (χ3n) is 2.51. The minimum Gasteiger partial charge on any atom is -0.339 e. The molecule has 20 heavy (non-hydrogen) atoms. The maximum absolute atomic E-state index is 12.0. The molecule has 0 saturated heterocycles. The van der Waals surface area contributed by atoms with Gasteiger partial charge in [-0.25, -0.2) is 18.1 Å². The first-order chi connectivity index (χ1) is 9.51. The first-order valence-corrected chi connectivity index (χ1v) is 7.43. The highest BCUT2D eigenvalue weighted by atomic mass is 32.2. The van der Waals surface area contributed by atoms with Gasteiger partial charge in [0.25, 0.3) is 10.0 Å². The van der Waals surface area contributed by atoms with Crippen molar-refractivity contribution in [2.24, 2.45) is 5.73 Å². The van der Waals surface area contributed by atoms with Crippen LogP contribution in [0.2, 0.25) is 0 Å². The van der Waals surface area contributed by atoms with Gasteiger partial charge in [-0.15, -0.1) is 0 Å². The van der Waals surface area contributed by atoms with Crippen molar-refractivity contribution in [1.29, 1.82) is 0 Å². The maximum atomic E-state index is 12.0. The molecule has 9 heteroatoms. The molecule has 2 aromatic rings. The van der Waals surface area contributed by atoms with Gasteiger partial charge in [-0.1, -0.05) is 11.2 Å². The Morgan fingerprint density at radius 1 is 1.40 bits per heavy atom. The van der Waals surface area contributed by atoms with Crippen molar-refractivity contribution in [3.05, 3.63) is 35.6 Å². The number of rotatable bonds is 6. The van der Waals surface area contributed by atoms with Crippen LogP contribution < -0.4 is 10.5 Å². The van der Waals surface area contributed by atoms with E-state index < -0.39 is 10.0 Å². The first kappa shape index (κ1) is 14.6. The van der Waals surface area contributed by atoms with Crippen LogP contribution in [0, 0.1) is 6.92 Å². The van der Waals surface area contributed by atoms with Gasteiger partial charge in [0.1, 0.15) is 0 Å². The summed E-state index contributed by atoms with van der Waals surface area (Å²) in [5.74, 6) is 0.901. The zero-order valence-corrected chi connectivity index (χ0v) is 11.7. The topological polar surface area (TPSA) is 124 Å². The van der Waals surface area contributed by atoms with Crippen molar-refractivity contribution in [3.63, 3.8) is 0 Å². The second-order valence-corrected chi connectivity index (χ2v) is 5.81. The van der Waals surface area contributed by atoms with E-state index in [-0.39, 0.29) is 11.6 Å². The summed E-state index contributed by atoms with van der Waals surface area (Å²) in [5.41, 5.74) is 6.20. The second kappa shape index (κ2) is 6.07.